The molecule has 1 amide bonds. The van der Waals surface area contributed by atoms with E-state index < -0.39 is 11.9 Å². The molecule has 0 fully saturated rings. The number of benzene rings is 3. The molecule has 4 aromatic rings. The molecule has 0 radical (unpaired) electrons. The average molecular weight is 369 g/mol. The number of carbonyl (C=O) groups excluding carboxylic acids is 1. The highest BCUT2D eigenvalue weighted by Gasteiger charge is 2.35. The van der Waals surface area contributed by atoms with E-state index in [1.54, 1.807) is 24.3 Å². The van der Waals surface area contributed by atoms with Crippen molar-refractivity contribution in [3.63, 3.8) is 0 Å². The fraction of sp³-hybridized carbons (Fsp3) is 0.0435. The van der Waals surface area contributed by atoms with Crippen LogP contribution < -0.4 is 15.5 Å². The second kappa shape index (κ2) is 6.39. The van der Waals surface area contributed by atoms with Gasteiger partial charge in [0.05, 0.1) is 17.0 Å². The standard InChI is InChI=1S/C23H15NO4/c25-21-17-11-4-5-12-18(17)28-22-19(21)20(24-23(22)26)14-7-6-10-16(13-14)27-15-8-2-1-3-9-15/h1-13,20H,(H,24,26). The van der Waals surface area contributed by atoms with Crippen LogP contribution in [0.4, 0.5) is 0 Å². The van der Waals surface area contributed by atoms with Crippen molar-refractivity contribution in [3.8, 4) is 11.5 Å². The van der Waals surface area contributed by atoms with Crippen molar-refractivity contribution in [1.29, 1.82) is 0 Å². The molecule has 0 saturated heterocycles. The second-order valence-corrected chi connectivity index (χ2v) is 6.56. The molecule has 1 atom stereocenters. The summed E-state index contributed by atoms with van der Waals surface area (Å²) >= 11 is 0. The number of carbonyl (C=O) groups is 1. The quantitative estimate of drug-likeness (QED) is 0.580. The molecule has 1 aliphatic rings. The first-order chi connectivity index (χ1) is 13.7. The highest BCUT2D eigenvalue weighted by atomic mass is 16.5. The van der Waals surface area contributed by atoms with E-state index in [0.29, 0.717) is 28.0 Å². The van der Waals surface area contributed by atoms with Crippen LogP contribution in [0.3, 0.4) is 0 Å². The highest BCUT2D eigenvalue weighted by molar-refractivity contribution is 5.98. The normalized spacial score (nSPS) is 15.3. The van der Waals surface area contributed by atoms with Crippen LogP contribution in [0.2, 0.25) is 0 Å². The number of para-hydroxylation sites is 2. The Bertz CT molecular complexity index is 1260. The van der Waals surface area contributed by atoms with Gasteiger partial charge in [-0.25, -0.2) is 0 Å². The van der Waals surface area contributed by atoms with Crippen LogP contribution in [0.15, 0.2) is 88.1 Å². The molecule has 0 saturated carbocycles. The third-order valence-electron chi connectivity index (χ3n) is 4.77. The maximum absolute atomic E-state index is 13.0. The van der Waals surface area contributed by atoms with Crippen LogP contribution in [0.25, 0.3) is 11.0 Å². The van der Waals surface area contributed by atoms with Crippen molar-refractivity contribution in [3.05, 3.63) is 106 Å². The van der Waals surface area contributed by atoms with Gasteiger partial charge in [-0.2, -0.15) is 0 Å². The Hall–Kier alpha value is -3.86. The summed E-state index contributed by atoms with van der Waals surface area (Å²) in [5, 5.41) is 3.31. The Balaban J connectivity index is 1.59. The maximum atomic E-state index is 13.0. The second-order valence-electron chi connectivity index (χ2n) is 6.56. The lowest BCUT2D eigenvalue weighted by atomic mass is 9.99. The van der Waals surface area contributed by atoms with Gasteiger partial charge in [0.1, 0.15) is 17.1 Å². The number of rotatable bonds is 3. The molecule has 1 unspecified atom stereocenters. The Kier molecular flexibility index (Phi) is 3.72. The number of amides is 1. The first kappa shape index (κ1) is 16.3. The summed E-state index contributed by atoms with van der Waals surface area (Å²) in [7, 11) is 0. The molecule has 5 nitrogen and oxygen atoms in total. The van der Waals surface area contributed by atoms with Crippen LogP contribution >= 0.6 is 0 Å². The molecule has 1 aromatic heterocycles. The highest BCUT2D eigenvalue weighted by Crippen LogP contribution is 2.33. The van der Waals surface area contributed by atoms with E-state index in [1.807, 2.05) is 54.6 Å². The van der Waals surface area contributed by atoms with Gasteiger partial charge in [0.15, 0.2) is 5.43 Å². The molecule has 0 bridgehead atoms. The minimum Gasteiger partial charge on any atom is -0.457 e. The number of fused-ring (bicyclic) bond motifs is 2. The van der Waals surface area contributed by atoms with E-state index in [0.717, 1.165) is 5.56 Å². The topological polar surface area (TPSA) is 68.5 Å². The molecule has 3 aromatic carbocycles. The minimum absolute atomic E-state index is 0.0723. The van der Waals surface area contributed by atoms with Crippen LogP contribution in [0.1, 0.15) is 27.7 Å². The molecule has 5 heteroatoms. The molecule has 2 heterocycles. The first-order valence-electron chi connectivity index (χ1n) is 8.90. The number of hydrogen-bond acceptors (Lipinski definition) is 4. The first-order valence-corrected chi connectivity index (χ1v) is 8.90. The zero-order chi connectivity index (χ0) is 19.1. The van der Waals surface area contributed by atoms with Crippen molar-refractivity contribution in [1.82, 2.24) is 5.32 Å². The fourth-order valence-electron chi connectivity index (χ4n) is 3.49. The van der Waals surface area contributed by atoms with Gasteiger partial charge >= 0.3 is 0 Å². The molecule has 136 valence electrons. The molecular weight excluding hydrogens is 354 g/mol. The summed E-state index contributed by atoms with van der Waals surface area (Å²) in [6.07, 6.45) is 0. The zero-order valence-electron chi connectivity index (χ0n) is 14.7. The largest absolute Gasteiger partial charge is 0.457 e. The smallest absolute Gasteiger partial charge is 0.288 e. The van der Waals surface area contributed by atoms with Gasteiger partial charge in [-0.3, -0.25) is 9.59 Å². The monoisotopic (exact) mass is 369 g/mol. The summed E-state index contributed by atoms with van der Waals surface area (Å²) in [6.45, 7) is 0. The maximum Gasteiger partial charge on any atom is 0.288 e. The molecule has 0 aliphatic carbocycles. The van der Waals surface area contributed by atoms with Crippen LogP contribution in [0, 0.1) is 0 Å². The van der Waals surface area contributed by atoms with E-state index in [2.05, 4.69) is 5.32 Å². The Morgan fingerprint density at radius 2 is 1.57 bits per heavy atom. The van der Waals surface area contributed by atoms with Crippen molar-refractivity contribution in [2.45, 2.75) is 6.04 Å². The van der Waals surface area contributed by atoms with E-state index in [1.165, 1.54) is 0 Å². The van der Waals surface area contributed by atoms with Crippen molar-refractivity contribution >= 4 is 16.9 Å². The molecule has 0 spiro atoms. The van der Waals surface area contributed by atoms with Gasteiger partial charge < -0.3 is 14.5 Å². The van der Waals surface area contributed by atoms with E-state index in [-0.39, 0.29) is 11.2 Å². The summed E-state index contributed by atoms with van der Waals surface area (Å²) < 4.78 is 11.6. The van der Waals surface area contributed by atoms with Crippen LogP contribution in [-0.4, -0.2) is 5.91 Å². The Morgan fingerprint density at radius 3 is 2.43 bits per heavy atom. The third kappa shape index (κ3) is 2.65. The van der Waals surface area contributed by atoms with Gasteiger partial charge in [-0.1, -0.05) is 42.5 Å². The number of nitrogens with one attached hydrogen (secondary N) is 1. The van der Waals surface area contributed by atoms with Crippen molar-refractivity contribution in [2.24, 2.45) is 0 Å². The van der Waals surface area contributed by atoms with Gasteiger partial charge in [0, 0.05) is 0 Å². The van der Waals surface area contributed by atoms with Gasteiger partial charge in [0.2, 0.25) is 5.76 Å². The van der Waals surface area contributed by atoms with E-state index >= 15 is 0 Å². The van der Waals surface area contributed by atoms with E-state index in [4.69, 9.17) is 9.15 Å². The number of hydrogen-bond donors (Lipinski definition) is 1. The van der Waals surface area contributed by atoms with Gasteiger partial charge in [0.25, 0.3) is 5.91 Å². The zero-order valence-corrected chi connectivity index (χ0v) is 14.7. The van der Waals surface area contributed by atoms with Gasteiger partial charge in [-0.05, 0) is 42.0 Å². The lowest BCUT2D eigenvalue weighted by molar-refractivity contribution is 0.0938. The van der Waals surface area contributed by atoms with Crippen LogP contribution in [-0.2, 0) is 0 Å². The minimum atomic E-state index is -0.581. The fourth-order valence-corrected chi connectivity index (χ4v) is 3.49. The number of ether oxygens (including phenoxy) is 1. The lowest BCUT2D eigenvalue weighted by Gasteiger charge is -2.13. The Labute approximate surface area is 160 Å². The molecule has 1 N–H and O–H groups in total. The predicted molar refractivity (Wildman–Crippen MR) is 105 cm³/mol. The van der Waals surface area contributed by atoms with Crippen molar-refractivity contribution in [2.75, 3.05) is 0 Å². The summed E-state index contributed by atoms with van der Waals surface area (Å²) in [4.78, 5) is 25.5. The van der Waals surface area contributed by atoms with E-state index in [9.17, 15) is 9.59 Å². The summed E-state index contributed by atoms with van der Waals surface area (Å²) in [6, 6.07) is 23.1. The van der Waals surface area contributed by atoms with Crippen LogP contribution in [0.5, 0.6) is 11.5 Å². The molecule has 1 aliphatic heterocycles. The third-order valence-corrected chi connectivity index (χ3v) is 4.77. The molecule has 28 heavy (non-hydrogen) atoms. The summed E-state index contributed by atoms with van der Waals surface area (Å²) in [5.74, 6) is 1.01. The molecule has 5 rings (SSSR count). The molecular formula is C23H15NO4. The Morgan fingerprint density at radius 1 is 0.821 bits per heavy atom. The van der Waals surface area contributed by atoms with Crippen molar-refractivity contribution < 1.29 is 13.9 Å². The predicted octanol–water partition coefficient (Wildman–Crippen LogP) is 4.42. The average Bonchev–Trinajstić information content (AvgIpc) is 3.06. The lowest BCUT2D eigenvalue weighted by Crippen LogP contribution is -2.21. The SMILES string of the molecule is O=C1NC(c2cccc(Oc3ccccc3)c2)c2c1oc1ccccc1c2=O. The van der Waals surface area contributed by atoms with Gasteiger partial charge in [-0.15, -0.1) is 0 Å². The summed E-state index contributed by atoms with van der Waals surface area (Å²) in [5.41, 5.74) is 1.29.